The number of hydrogen-bond donors (Lipinski definition) is 1. The van der Waals surface area contributed by atoms with Crippen LogP contribution in [0, 0.1) is 0 Å². The summed E-state index contributed by atoms with van der Waals surface area (Å²) in [5.41, 5.74) is 6.36. The minimum atomic E-state index is -0.889. The number of ketones is 1. The van der Waals surface area contributed by atoms with Crippen LogP contribution in [0.25, 0.3) is 0 Å². The Morgan fingerprint density at radius 2 is 1.79 bits per heavy atom. The molecular formula is C27H30N2O4. The molecule has 2 amide bonds. The Hall–Kier alpha value is -3.15. The fraction of sp³-hybridized carbons (Fsp3) is 0.444. The van der Waals surface area contributed by atoms with Gasteiger partial charge in [-0.05, 0) is 79.3 Å². The Kier molecular flexibility index (Phi) is 5.92. The summed E-state index contributed by atoms with van der Waals surface area (Å²) in [4.78, 5) is 40.5. The monoisotopic (exact) mass is 446 g/mol. The number of hydrogen-bond acceptors (Lipinski definition) is 3. The maximum absolute atomic E-state index is 12.9. The molecule has 172 valence electrons. The lowest BCUT2D eigenvalue weighted by Gasteiger charge is -2.34. The number of Topliss-reactive ketones (excluding diaryl/α,β-unsaturated/α-hetero) is 1. The second kappa shape index (κ2) is 9.00. The van der Waals surface area contributed by atoms with Crippen molar-refractivity contribution in [1.82, 2.24) is 4.90 Å². The number of carbonyl (C=O) groups is 3. The molecule has 2 heterocycles. The summed E-state index contributed by atoms with van der Waals surface area (Å²) in [6.45, 7) is 1.16. The van der Waals surface area contributed by atoms with Crippen molar-refractivity contribution in [2.75, 3.05) is 18.0 Å². The summed E-state index contributed by atoms with van der Waals surface area (Å²) in [6, 6.07) is 12.0. The van der Waals surface area contributed by atoms with Crippen LogP contribution in [0.4, 0.5) is 10.5 Å². The van der Waals surface area contributed by atoms with Gasteiger partial charge in [-0.25, -0.2) is 4.79 Å². The predicted octanol–water partition coefficient (Wildman–Crippen LogP) is 4.93. The van der Waals surface area contributed by atoms with E-state index in [4.69, 9.17) is 0 Å². The fourth-order valence-electron chi connectivity index (χ4n) is 5.77. The van der Waals surface area contributed by atoms with Gasteiger partial charge in [0.15, 0.2) is 5.78 Å². The number of rotatable bonds is 7. The molecule has 33 heavy (non-hydrogen) atoms. The lowest BCUT2D eigenvalue weighted by molar-refractivity contribution is -0.118. The third-order valence-electron chi connectivity index (χ3n) is 7.39. The van der Waals surface area contributed by atoms with Gasteiger partial charge >= 0.3 is 6.09 Å². The van der Waals surface area contributed by atoms with Crippen molar-refractivity contribution >= 4 is 23.5 Å². The van der Waals surface area contributed by atoms with E-state index >= 15 is 0 Å². The average Bonchev–Trinajstić information content (AvgIpc) is 3.26. The zero-order valence-electron chi connectivity index (χ0n) is 18.9. The Morgan fingerprint density at radius 3 is 2.61 bits per heavy atom. The molecule has 0 saturated carbocycles. The maximum atomic E-state index is 12.9. The molecule has 0 aromatic heterocycles. The minimum Gasteiger partial charge on any atom is -0.465 e. The van der Waals surface area contributed by atoms with Crippen LogP contribution in [0.2, 0.25) is 0 Å². The predicted molar refractivity (Wildman–Crippen MR) is 126 cm³/mol. The number of anilines is 1. The molecule has 0 fully saturated rings. The van der Waals surface area contributed by atoms with Gasteiger partial charge in [0, 0.05) is 31.5 Å². The lowest BCUT2D eigenvalue weighted by atomic mass is 9.87. The smallest absolute Gasteiger partial charge is 0.407 e. The Morgan fingerprint density at radius 1 is 1.00 bits per heavy atom. The first-order valence-electron chi connectivity index (χ1n) is 12.1. The molecule has 6 nitrogen and oxygen atoms in total. The first-order valence-corrected chi connectivity index (χ1v) is 12.1. The SMILES string of the molecule is O=C(CCCCN(C(=O)O)C1CCCc2ccccc21)c1cc2c3c(c1)CCN3C(=O)CC2. The topological polar surface area (TPSA) is 77.9 Å². The maximum Gasteiger partial charge on any atom is 0.407 e. The summed E-state index contributed by atoms with van der Waals surface area (Å²) in [5.74, 6) is 0.290. The molecule has 1 aliphatic carbocycles. The second-order valence-corrected chi connectivity index (χ2v) is 9.40. The summed E-state index contributed by atoms with van der Waals surface area (Å²) in [5, 5.41) is 9.86. The average molecular weight is 447 g/mol. The molecule has 1 atom stereocenters. The molecule has 6 heteroatoms. The zero-order chi connectivity index (χ0) is 22.9. The number of unbranched alkanes of at least 4 members (excludes halogenated alkanes) is 1. The molecule has 0 bridgehead atoms. The molecule has 3 aliphatic rings. The number of fused-ring (bicyclic) bond motifs is 1. The highest BCUT2D eigenvalue weighted by Gasteiger charge is 2.32. The third kappa shape index (κ3) is 4.14. The van der Waals surface area contributed by atoms with Gasteiger partial charge in [-0.2, -0.15) is 0 Å². The molecular weight excluding hydrogens is 416 g/mol. The molecule has 2 aliphatic heterocycles. The first kappa shape index (κ1) is 21.7. The van der Waals surface area contributed by atoms with Crippen LogP contribution in [0.1, 0.15) is 77.2 Å². The van der Waals surface area contributed by atoms with Crippen molar-refractivity contribution in [3.05, 3.63) is 64.2 Å². The van der Waals surface area contributed by atoms with E-state index in [2.05, 4.69) is 6.07 Å². The summed E-state index contributed by atoms with van der Waals surface area (Å²) >= 11 is 0. The summed E-state index contributed by atoms with van der Waals surface area (Å²) < 4.78 is 0. The normalized spacial score (nSPS) is 18.6. The van der Waals surface area contributed by atoms with Gasteiger partial charge in [-0.3, -0.25) is 9.59 Å². The summed E-state index contributed by atoms with van der Waals surface area (Å²) in [6.07, 6.45) is 5.72. The largest absolute Gasteiger partial charge is 0.465 e. The Balaban J connectivity index is 1.20. The van der Waals surface area contributed by atoms with Crippen LogP contribution in [0.5, 0.6) is 0 Å². The Labute approximate surface area is 194 Å². The number of carbonyl (C=O) groups excluding carboxylic acids is 2. The van der Waals surface area contributed by atoms with Gasteiger partial charge in [0.1, 0.15) is 0 Å². The summed E-state index contributed by atoms with van der Waals surface area (Å²) in [7, 11) is 0. The number of carboxylic acid groups (broad SMARTS) is 1. The van der Waals surface area contributed by atoms with Gasteiger partial charge in [0.05, 0.1) is 11.7 Å². The van der Waals surface area contributed by atoms with Gasteiger partial charge in [-0.1, -0.05) is 24.3 Å². The molecule has 0 radical (unpaired) electrons. The van der Waals surface area contributed by atoms with Gasteiger partial charge in [-0.15, -0.1) is 0 Å². The molecule has 2 aromatic rings. The van der Waals surface area contributed by atoms with Crippen molar-refractivity contribution in [3.63, 3.8) is 0 Å². The van der Waals surface area contributed by atoms with Crippen molar-refractivity contribution in [1.29, 1.82) is 0 Å². The fourth-order valence-corrected chi connectivity index (χ4v) is 5.77. The van der Waals surface area contributed by atoms with Crippen LogP contribution in [-0.2, 0) is 24.1 Å². The van der Waals surface area contributed by atoms with E-state index in [1.807, 2.05) is 35.2 Å². The van der Waals surface area contributed by atoms with Gasteiger partial charge in [0.2, 0.25) is 5.91 Å². The highest BCUT2D eigenvalue weighted by atomic mass is 16.4. The third-order valence-corrected chi connectivity index (χ3v) is 7.39. The Bertz CT molecular complexity index is 1110. The molecule has 0 saturated heterocycles. The minimum absolute atomic E-state index is 0.0985. The van der Waals surface area contributed by atoms with Crippen molar-refractivity contribution in [2.24, 2.45) is 0 Å². The van der Waals surface area contributed by atoms with E-state index in [-0.39, 0.29) is 17.7 Å². The van der Waals surface area contributed by atoms with E-state index in [0.29, 0.717) is 45.2 Å². The highest BCUT2D eigenvalue weighted by Crippen LogP contribution is 2.38. The zero-order valence-corrected chi connectivity index (χ0v) is 18.9. The number of nitrogens with zero attached hydrogens (tertiary/aromatic N) is 2. The standard InChI is InChI=1S/C27H30N2O4/c30-24(21-16-19-11-12-25(31)29-15-13-20(17-21)26(19)29)10-3-4-14-28(27(32)33)23-9-5-7-18-6-1-2-8-22(18)23/h1-2,6,8,16-17,23H,3-5,7,9-15H2,(H,32,33). The first-order chi connectivity index (χ1) is 16.0. The van der Waals surface area contributed by atoms with Crippen LogP contribution >= 0.6 is 0 Å². The van der Waals surface area contributed by atoms with Gasteiger partial charge in [0.25, 0.3) is 0 Å². The van der Waals surface area contributed by atoms with Crippen LogP contribution < -0.4 is 4.90 Å². The highest BCUT2D eigenvalue weighted by molar-refractivity contribution is 6.02. The van der Waals surface area contributed by atoms with Crippen LogP contribution in [0.15, 0.2) is 36.4 Å². The van der Waals surface area contributed by atoms with Crippen LogP contribution in [-0.4, -0.2) is 40.9 Å². The molecule has 2 aromatic carbocycles. The van der Waals surface area contributed by atoms with Crippen molar-refractivity contribution in [3.8, 4) is 0 Å². The molecule has 5 rings (SSSR count). The van der Waals surface area contributed by atoms with E-state index in [0.717, 1.165) is 53.6 Å². The number of benzene rings is 2. The van der Waals surface area contributed by atoms with Crippen LogP contribution in [0.3, 0.4) is 0 Å². The lowest BCUT2D eigenvalue weighted by Crippen LogP contribution is -2.36. The van der Waals surface area contributed by atoms with E-state index in [1.165, 1.54) is 5.56 Å². The number of amides is 2. The molecule has 1 unspecified atom stereocenters. The van der Waals surface area contributed by atoms with E-state index in [1.54, 1.807) is 4.90 Å². The quantitative estimate of drug-likeness (QED) is 0.483. The number of aryl methyl sites for hydroxylation is 2. The second-order valence-electron chi connectivity index (χ2n) is 9.40. The molecule has 1 N–H and O–H groups in total. The van der Waals surface area contributed by atoms with E-state index < -0.39 is 6.09 Å². The molecule has 0 spiro atoms. The van der Waals surface area contributed by atoms with Crippen molar-refractivity contribution in [2.45, 2.75) is 63.8 Å². The van der Waals surface area contributed by atoms with E-state index in [9.17, 15) is 19.5 Å². The van der Waals surface area contributed by atoms with Crippen molar-refractivity contribution < 1.29 is 19.5 Å². The van der Waals surface area contributed by atoms with Gasteiger partial charge < -0.3 is 14.9 Å².